The Bertz CT molecular complexity index is 515. The van der Waals surface area contributed by atoms with Crippen molar-refractivity contribution in [3.05, 3.63) is 24.0 Å². The highest BCUT2D eigenvalue weighted by molar-refractivity contribution is 5.99. The molecule has 0 unspecified atom stereocenters. The van der Waals surface area contributed by atoms with Crippen LogP contribution in [0, 0.1) is 0 Å². The molecule has 3 N–H and O–H groups in total. The molecule has 2 amide bonds. The van der Waals surface area contributed by atoms with Crippen molar-refractivity contribution < 1.29 is 19.5 Å². The largest absolute Gasteiger partial charge is 0.477 e. The summed E-state index contributed by atoms with van der Waals surface area (Å²) in [6, 6.07) is 2.19. The maximum Gasteiger partial charge on any atom is 0.354 e. The summed E-state index contributed by atoms with van der Waals surface area (Å²) in [7, 11) is 0. The van der Waals surface area contributed by atoms with E-state index in [-0.39, 0.29) is 17.5 Å². The number of carboxylic acids is 1. The van der Waals surface area contributed by atoms with E-state index in [1.165, 1.54) is 18.3 Å². The number of carbonyl (C=O) groups excluding carboxylic acids is 2. The standard InChI is InChI=1S/C11H11N3O4/c15-9-2-1-7(14-9)10(16)13-6-3-4-12-8(5-6)11(17)18/h3-5,7H,1-2H2,(H,14,15)(H,17,18)(H,12,13,16)/t7-/m1/s1. The van der Waals surface area contributed by atoms with Crippen molar-refractivity contribution in [1.82, 2.24) is 10.3 Å². The first-order chi connectivity index (χ1) is 8.56. The highest BCUT2D eigenvalue weighted by Gasteiger charge is 2.27. The topological polar surface area (TPSA) is 108 Å². The molecule has 7 nitrogen and oxygen atoms in total. The molecule has 1 aliphatic heterocycles. The van der Waals surface area contributed by atoms with Gasteiger partial charge < -0.3 is 15.7 Å². The van der Waals surface area contributed by atoms with Gasteiger partial charge in [0.2, 0.25) is 11.8 Å². The predicted molar refractivity (Wildman–Crippen MR) is 61.0 cm³/mol. The van der Waals surface area contributed by atoms with Crippen LogP contribution in [-0.2, 0) is 9.59 Å². The predicted octanol–water partition coefficient (Wildman–Crippen LogP) is -0.00310. The quantitative estimate of drug-likeness (QED) is 0.698. The third-order valence-electron chi connectivity index (χ3n) is 2.56. The third kappa shape index (κ3) is 2.62. The molecule has 0 bridgehead atoms. The van der Waals surface area contributed by atoms with E-state index in [9.17, 15) is 14.4 Å². The molecule has 1 aromatic heterocycles. The summed E-state index contributed by atoms with van der Waals surface area (Å²) in [5.74, 6) is -1.68. The van der Waals surface area contributed by atoms with Crippen LogP contribution in [0.1, 0.15) is 23.3 Å². The number of carbonyl (C=O) groups is 3. The van der Waals surface area contributed by atoms with Gasteiger partial charge in [0, 0.05) is 18.3 Å². The number of nitrogens with one attached hydrogen (secondary N) is 2. The third-order valence-corrected chi connectivity index (χ3v) is 2.56. The lowest BCUT2D eigenvalue weighted by atomic mass is 10.2. The molecule has 2 heterocycles. The zero-order chi connectivity index (χ0) is 13.1. The fourth-order valence-corrected chi connectivity index (χ4v) is 1.67. The Morgan fingerprint density at radius 3 is 2.89 bits per heavy atom. The Balaban J connectivity index is 2.05. The zero-order valence-electron chi connectivity index (χ0n) is 9.34. The molecule has 1 aliphatic rings. The number of nitrogens with zero attached hydrogens (tertiary/aromatic N) is 1. The Labute approximate surface area is 102 Å². The number of amides is 2. The first kappa shape index (κ1) is 12.0. The van der Waals surface area contributed by atoms with Crippen LogP contribution in [0.15, 0.2) is 18.3 Å². The smallest absolute Gasteiger partial charge is 0.354 e. The maximum absolute atomic E-state index is 11.7. The molecule has 1 atom stereocenters. The highest BCUT2D eigenvalue weighted by Crippen LogP contribution is 2.12. The summed E-state index contributed by atoms with van der Waals surface area (Å²) in [5.41, 5.74) is 0.191. The average molecular weight is 249 g/mol. The lowest BCUT2D eigenvalue weighted by Crippen LogP contribution is -2.37. The van der Waals surface area contributed by atoms with E-state index in [0.29, 0.717) is 18.5 Å². The number of aromatic nitrogens is 1. The monoisotopic (exact) mass is 249 g/mol. The van der Waals surface area contributed by atoms with Crippen molar-refractivity contribution in [3.63, 3.8) is 0 Å². The molecule has 1 saturated heterocycles. The van der Waals surface area contributed by atoms with Crippen LogP contribution < -0.4 is 10.6 Å². The summed E-state index contributed by atoms with van der Waals surface area (Å²) in [6.45, 7) is 0. The molecule has 2 rings (SSSR count). The number of anilines is 1. The molecule has 1 fully saturated rings. The summed E-state index contributed by atoms with van der Waals surface area (Å²) in [4.78, 5) is 37.1. The second-order valence-corrected chi connectivity index (χ2v) is 3.88. The molecule has 0 saturated carbocycles. The summed E-state index contributed by atoms with van der Waals surface area (Å²) in [5, 5.41) is 13.8. The minimum Gasteiger partial charge on any atom is -0.477 e. The second-order valence-electron chi connectivity index (χ2n) is 3.88. The first-order valence-corrected chi connectivity index (χ1v) is 5.36. The molecule has 1 aromatic rings. The molecule has 18 heavy (non-hydrogen) atoms. The molecule has 0 aromatic carbocycles. The molecule has 0 radical (unpaired) electrons. The molecular formula is C11H11N3O4. The van der Waals surface area contributed by atoms with Gasteiger partial charge in [-0.1, -0.05) is 0 Å². The van der Waals surface area contributed by atoms with Gasteiger partial charge in [-0.3, -0.25) is 9.59 Å². The molecule has 94 valence electrons. The van der Waals surface area contributed by atoms with Crippen molar-refractivity contribution in [1.29, 1.82) is 0 Å². The number of carboxylic acid groups (broad SMARTS) is 1. The molecule has 0 aliphatic carbocycles. The number of hydrogen-bond acceptors (Lipinski definition) is 4. The van der Waals surface area contributed by atoms with Crippen molar-refractivity contribution in [3.8, 4) is 0 Å². The van der Waals surface area contributed by atoms with Crippen molar-refractivity contribution in [2.75, 3.05) is 5.32 Å². The lowest BCUT2D eigenvalue weighted by Gasteiger charge is -2.10. The molecular weight excluding hydrogens is 238 g/mol. The van der Waals surface area contributed by atoms with Gasteiger partial charge in [0.15, 0.2) is 0 Å². The maximum atomic E-state index is 11.7. The van der Waals surface area contributed by atoms with E-state index >= 15 is 0 Å². The normalized spacial score (nSPS) is 18.2. The van der Waals surface area contributed by atoms with Gasteiger partial charge >= 0.3 is 5.97 Å². The number of rotatable bonds is 3. The number of aromatic carboxylic acids is 1. The number of hydrogen-bond donors (Lipinski definition) is 3. The van der Waals surface area contributed by atoms with Gasteiger partial charge in [0.05, 0.1) is 0 Å². The van der Waals surface area contributed by atoms with Crippen molar-refractivity contribution in [2.45, 2.75) is 18.9 Å². The molecule has 7 heteroatoms. The Morgan fingerprint density at radius 2 is 2.28 bits per heavy atom. The van der Waals surface area contributed by atoms with Crippen LogP contribution in [0.25, 0.3) is 0 Å². The van der Waals surface area contributed by atoms with E-state index in [0.717, 1.165) is 0 Å². The zero-order valence-corrected chi connectivity index (χ0v) is 9.34. The van der Waals surface area contributed by atoms with Crippen molar-refractivity contribution in [2.24, 2.45) is 0 Å². The SMILES string of the molecule is O=C1CC[C@H](C(=O)Nc2ccnc(C(=O)O)c2)N1. The van der Waals surface area contributed by atoms with E-state index in [1.54, 1.807) is 0 Å². The minimum absolute atomic E-state index is 0.150. The lowest BCUT2D eigenvalue weighted by molar-refractivity contribution is -0.122. The van der Waals surface area contributed by atoms with Crippen molar-refractivity contribution >= 4 is 23.5 Å². The summed E-state index contributed by atoms with van der Waals surface area (Å²) < 4.78 is 0. The number of pyridine rings is 1. The van der Waals surface area contributed by atoms with Gasteiger partial charge in [0.1, 0.15) is 11.7 Å². The van der Waals surface area contributed by atoms with Crippen LogP contribution in [0.2, 0.25) is 0 Å². The summed E-state index contributed by atoms with van der Waals surface area (Å²) >= 11 is 0. The Kier molecular flexibility index (Phi) is 3.22. The van der Waals surface area contributed by atoms with Gasteiger partial charge in [-0.2, -0.15) is 0 Å². The molecule has 0 spiro atoms. The average Bonchev–Trinajstić information content (AvgIpc) is 2.76. The van der Waals surface area contributed by atoms with Gasteiger partial charge in [-0.15, -0.1) is 0 Å². The first-order valence-electron chi connectivity index (χ1n) is 5.36. The Morgan fingerprint density at radius 1 is 1.50 bits per heavy atom. The fourth-order valence-electron chi connectivity index (χ4n) is 1.67. The van der Waals surface area contributed by atoms with E-state index in [4.69, 9.17) is 5.11 Å². The van der Waals surface area contributed by atoms with Gasteiger partial charge in [-0.25, -0.2) is 9.78 Å². The van der Waals surface area contributed by atoms with Crippen LogP contribution in [0.5, 0.6) is 0 Å². The van der Waals surface area contributed by atoms with Gasteiger partial charge in [-0.05, 0) is 18.6 Å². The van der Waals surface area contributed by atoms with Gasteiger partial charge in [0.25, 0.3) is 0 Å². The summed E-state index contributed by atoms with van der Waals surface area (Å²) in [6.07, 6.45) is 2.07. The Hall–Kier alpha value is -2.44. The van der Waals surface area contributed by atoms with Crippen LogP contribution in [0.3, 0.4) is 0 Å². The van der Waals surface area contributed by atoms with E-state index in [1.807, 2.05) is 0 Å². The van der Waals surface area contributed by atoms with Crippen LogP contribution in [-0.4, -0.2) is 33.9 Å². The second kappa shape index (κ2) is 4.82. The van der Waals surface area contributed by atoms with Crippen LogP contribution >= 0.6 is 0 Å². The van der Waals surface area contributed by atoms with E-state index in [2.05, 4.69) is 15.6 Å². The van der Waals surface area contributed by atoms with E-state index < -0.39 is 12.0 Å². The fraction of sp³-hybridized carbons (Fsp3) is 0.273. The van der Waals surface area contributed by atoms with Crippen LogP contribution in [0.4, 0.5) is 5.69 Å². The minimum atomic E-state index is -1.17. The highest BCUT2D eigenvalue weighted by atomic mass is 16.4.